The molecule has 1 unspecified atom stereocenters. The van der Waals surface area contributed by atoms with Gasteiger partial charge in [-0.2, -0.15) is 10.1 Å². The smallest absolute Gasteiger partial charge is 0.270 e. The van der Waals surface area contributed by atoms with Crippen LogP contribution in [0.3, 0.4) is 0 Å². The van der Waals surface area contributed by atoms with Crippen molar-refractivity contribution in [2.45, 2.75) is 12.5 Å². The van der Waals surface area contributed by atoms with Crippen molar-refractivity contribution < 1.29 is 9.72 Å². The first-order valence-corrected chi connectivity index (χ1v) is 10.8. The summed E-state index contributed by atoms with van der Waals surface area (Å²) in [5.74, 6) is 0.0321. The fourth-order valence-electron chi connectivity index (χ4n) is 3.66. The number of aliphatic imine (C=N–C) groups is 1. The van der Waals surface area contributed by atoms with E-state index in [1.165, 1.54) is 23.9 Å². The number of aromatic nitrogens is 1. The number of amides is 1. The predicted octanol–water partition coefficient (Wildman–Crippen LogP) is 4.58. The number of fused-ring (bicyclic) bond motifs is 1. The highest BCUT2D eigenvalue weighted by molar-refractivity contribution is 8.14. The number of halogens is 1. The Morgan fingerprint density at radius 1 is 1.16 bits per heavy atom. The average molecular weight is 452 g/mol. The minimum absolute atomic E-state index is 0.0108. The van der Waals surface area contributed by atoms with Gasteiger partial charge in [-0.3, -0.25) is 14.9 Å². The van der Waals surface area contributed by atoms with Crippen LogP contribution in [0, 0.1) is 10.1 Å². The summed E-state index contributed by atoms with van der Waals surface area (Å²) in [6.07, 6.45) is 0.439. The molecule has 0 saturated heterocycles. The van der Waals surface area contributed by atoms with Crippen LogP contribution in [-0.4, -0.2) is 37.5 Å². The van der Waals surface area contributed by atoms with Crippen LogP contribution in [0.2, 0.25) is 5.15 Å². The molecule has 0 spiro atoms. The Morgan fingerprint density at radius 3 is 2.77 bits per heavy atom. The number of hydrazone groups is 1. The molecule has 5 rings (SSSR count). The van der Waals surface area contributed by atoms with Crippen molar-refractivity contribution >= 4 is 56.7 Å². The molecule has 0 aliphatic carbocycles. The molecule has 1 amide bonds. The Morgan fingerprint density at radius 2 is 2.00 bits per heavy atom. The van der Waals surface area contributed by atoms with E-state index in [0.29, 0.717) is 28.0 Å². The van der Waals surface area contributed by atoms with Crippen molar-refractivity contribution in [1.82, 2.24) is 9.99 Å². The zero-order chi connectivity index (χ0) is 21.5. The Kier molecular flexibility index (Phi) is 4.91. The lowest BCUT2D eigenvalue weighted by Crippen LogP contribution is -2.24. The first kappa shape index (κ1) is 19.7. The van der Waals surface area contributed by atoms with E-state index < -0.39 is 4.92 Å². The van der Waals surface area contributed by atoms with E-state index in [1.54, 1.807) is 17.1 Å². The third-order valence-corrected chi connectivity index (χ3v) is 6.34. The van der Waals surface area contributed by atoms with Gasteiger partial charge in [0.1, 0.15) is 5.15 Å². The molecule has 154 valence electrons. The molecule has 0 saturated carbocycles. The van der Waals surface area contributed by atoms with Crippen LogP contribution >= 0.6 is 23.4 Å². The Hall–Kier alpha value is -3.30. The van der Waals surface area contributed by atoms with Gasteiger partial charge in [-0.1, -0.05) is 53.7 Å². The number of hydrogen-bond donors (Lipinski definition) is 0. The third-order valence-electron chi connectivity index (χ3n) is 5.11. The fraction of sp³-hybridized carbons (Fsp3) is 0.143. The summed E-state index contributed by atoms with van der Waals surface area (Å²) in [4.78, 5) is 31.2. The summed E-state index contributed by atoms with van der Waals surface area (Å²) in [7, 11) is 0. The lowest BCUT2D eigenvalue weighted by Gasteiger charge is -2.23. The highest BCUT2D eigenvalue weighted by Gasteiger charge is 2.36. The third kappa shape index (κ3) is 3.66. The van der Waals surface area contributed by atoms with Crippen LogP contribution in [0.25, 0.3) is 10.9 Å². The van der Waals surface area contributed by atoms with Gasteiger partial charge >= 0.3 is 0 Å². The van der Waals surface area contributed by atoms with Gasteiger partial charge in [0.25, 0.3) is 11.6 Å². The van der Waals surface area contributed by atoms with Gasteiger partial charge in [0, 0.05) is 35.1 Å². The normalized spacial score (nSPS) is 18.4. The average Bonchev–Trinajstić information content (AvgIpc) is 3.39. The van der Waals surface area contributed by atoms with Crippen molar-refractivity contribution in [2.24, 2.45) is 10.1 Å². The maximum Gasteiger partial charge on any atom is 0.270 e. The zero-order valence-electron chi connectivity index (χ0n) is 15.9. The van der Waals surface area contributed by atoms with E-state index in [9.17, 15) is 14.9 Å². The number of amidine groups is 1. The van der Waals surface area contributed by atoms with Crippen LogP contribution in [0.5, 0.6) is 0 Å². The highest BCUT2D eigenvalue weighted by atomic mass is 35.5. The molecule has 0 bridgehead atoms. The number of pyridine rings is 1. The van der Waals surface area contributed by atoms with E-state index >= 15 is 0 Å². The number of nitro benzene ring substituents is 1. The second-order valence-electron chi connectivity index (χ2n) is 7.06. The summed E-state index contributed by atoms with van der Waals surface area (Å²) in [6.45, 7) is 0. The summed E-state index contributed by atoms with van der Waals surface area (Å²) in [5, 5.41) is 19.3. The van der Waals surface area contributed by atoms with Gasteiger partial charge in [-0.25, -0.2) is 9.99 Å². The summed E-state index contributed by atoms with van der Waals surface area (Å²) in [6, 6.07) is 15.6. The second kappa shape index (κ2) is 7.75. The number of nitrogens with zero attached hydrogens (tertiary/aromatic N) is 5. The number of thioether (sulfide) groups is 1. The summed E-state index contributed by atoms with van der Waals surface area (Å²) in [5.41, 5.74) is 2.82. The topological polar surface area (TPSA) is 101 Å². The molecule has 2 aromatic carbocycles. The highest BCUT2D eigenvalue weighted by Crippen LogP contribution is 2.39. The van der Waals surface area contributed by atoms with Crippen LogP contribution in [0.15, 0.2) is 64.7 Å². The largest absolute Gasteiger partial charge is 0.272 e. The van der Waals surface area contributed by atoms with Gasteiger partial charge in [-0.15, -0.1) is 0 Å². The number of carbonyl (C=O) groups is 1. The SMILES string of the molecule is O=C1CSC(N2N=C(c3cccc([N+](=O)[O-])c3)CC2c2cc3ccccc3nc2Cl)=N1. The Bertz CT molecular complexity index is 1310. The monoisotopic (exact) mass is 451 g/mol. The molecular formula is C21H14ClN5O3S. The number of benzene rings is 2. The van der Waals surface area contributed by atoms with Crippen LogP contribution in [0.1, 0.15) is 23.6 Å². The number of non-ortho nitro benzene ring substituents is 1. The first-order chi connectivity index (χ1) is 15.0. The second-order valence-corrected chi connectivity index (χ2v) is 8.36. The Labute approximate surface area is 185 Å². The molecule has 2 aliphatic rings. The van der Waals surface area contributed by atoms with Crippen molar-refractivity contribution in [2.75, 3.05) is 5.75 Å². The predicted molar refractivity (Wildman–Crippen MR) is 120 cm³/mol. The molecule has 0 N–H and O–H groups in total. The standard InChI is InChI=1S/C21H14ClN5O3S/c22-20-15(9-13-4-1-2-7-16(13)23-20)18-10-17(12-5-3-6-14(8-12)27(29)30)25-26(18)21-24-19(28)11-31-21/h1-9,18H,10-11H2. The molecular weight excluding hydrogens is 438 g/mol. The van der Waals surface area contributed by atoms with Gasteiger partial charge in [0.2, 0.25) is 0 Å². The van der Waals surface area contributed by atoms with E-state index in [0.717, 1.165) is 16.5 Å². The summed E-state index contributed by atoms with van der Waals surface area (Å²) < 4.78 is 0. The van der Waals surface area contributed by atoms with Crippen molar-refractivity contribution in [3.8, 4) is 0 Å². The quantitative estimate of drug-likeness (QED) is 0.328. The van der Waals surface area contributed by atoms with Gasteiger partial charge in [0.05, 0.1) is 27.9 Å². The Balaban J connectivity index is 1.60. The fourth-order valence-corrected chi connectivity index (χ4v) is 4.72. The molecule has 8 nitrogen and oxygen atoms in total. The zero-order valence-corrected chi connectivity index (χ0v) is 17.5. The van der Waals surface area contributed by atoms with Gasteiger partial charge in [-0.05, 0) is 12.1 Å². The van der Waals surface area contributed by atoms with E-state index in [1.807, 2.05) is 30.3 Å². The van der Waals surface area contributed by atoms with Crippen molar-refractivity contribution in [3.63, 3.8) is 0 Å². The molecule has 10 heteroatoms. The summed E-state index contributed by atoms with van der Waals surface area (Å²) >= 11 is 7.86. The van der Waals surface area contributed by atoms with E-state index in [2.05, 4.69) is 9.98 Å². The maximum atomic E-state index is 11.8. The minimum atomic E-state index is -0.437. The van der Waals surface area contributed by atoms with Crippen molar-refractivity contribution in [3.05, 3.63) is 81.0 Å². The molecule has 3 aromatic rings. The maximum absolute atomic E-state index is 11.8. The lowest BCUT2D eigenvalue weighted by atomic mass is 9.98. The molecule has 31 heavy (non-hydrogen) atoms. The number of rotatable bonds is 3. The molecule has 1 aromatic heterocycles. The number of carbonyl (C=O) groups excluding carboxylic acids is 1. The molecule has 2 aliphatic heterocycles. The van der Waals surface area contributed by atoms with Crippen LogP contribution < -0.4 is 0 Å². The van der Waals surface area contributed by atoms with E-state index in [4.69, 9.17) is 16.7 Å². The van der Waals surface area contributed by atoms with Crippen molar-refractivity contribution in [1.29, 1.82) is 0 Å². The molecule has 1 atom stereocenters. The van der Waals surface area contributed by atoms with Gasteiger partial charge in [0.15, 0.2) is 5.17 Å². The number of para-hydroxylation sites is 1. The van der Waals surface area contributed by atoms with Crippen LogP contribution in [-0.2, 0) is 4.79 Å². The van der Waals surface area contributed by atoms with E-state index in [-0.39, 0.29) is 23.4 Å². The first-order valence-electron chi connectivity index (χ1n) is 9.40. The number of hydrogen-bond acceptors (Lipinski definition) is 7. The number of nitro groups is 1. The minimum Gasteiger partial charge on any atom is -0.272 e. The van der Waals surface area contributed by atoms with Gasteiger partial charge < -0.3 is 0 Å². The molecule has 0 fully saturated rings. The van der Waals surface area contributed by atoms with Crippen LogP contribution in [0.4, 0.5) is 5.69 Å². The molecule has 3 heterocycles. The lowest BCUT2D eigenvalue weighted by molar-refractivity contribution is -0.384. The molecule has 0 radical (unpaired) electrons.